The van der Waals surface area contributed by atoms with Crippen molar-refractivity contribution in [3.8, 4) is 0 Å². The Morgan fingerprint density at radius 3 is 2.52 bits per heavy atom. The van der Waals surface area contributed by atoms with Gasteiger partial charge in [0.2, 0.25) is 15.8 Å². The third-order valence-electron chi connectivity index (χ3n) is 5.42. The Bertz CT molecular complexity index is 1290. The van der Waals surface area contributed by atoms with Gasteiger partial charge in [-0.3, -0.25) is 4.79 Å². The third-order valence-corrected chi connectivity index (χ3v) is 7.33. The minimum Gasteiger partial charge on any atom is -0.451 e. The molecule has 33 heavy (non-hydrogen) atoms. The lowest BCUT2D eigenvalue weighted by Crippen LogP contribution is -2.40. The van der Waals surface area contributed by atoms with Crippen LogP contribution in [0.3, 0.4) is 0 Å². The lowest BCUT2D eigenvalue weighted by atomic mass is 10.1. The van der Waals surface area contributed by atoms with Crippen molar-refractivity contribution in [2.75, 3.05) is 26.3 Å². The molecular formula is C24H24N2O6S. The molecule has 172 valence electrons. The minimum absolute atomic E-state index is 0.182. The number of hydrogen-bond acceptors (Lipinski definition) is 6. The second-order valence-electron chi connectivity index (χ2n) is 7.61. The van der Waals surface area contributed by atoms with Gasteiger partial charge in [-0.25, -0.2) is 13.2 Å². The van der Waals surface area contributed by atoms with E-state index in [0.717, 1.165) is 10.9 Å². The normalized spacial score (nSPS) is 16.2. The van der Waals surface area contributed by atoms with E-state index < -0.39 is 22.1 Å². The summed E-state index contributed by atoms with van der Waals surface area (Å²) in [4.78, 5) is 28.1. The van der Waals surface area contributed by atoms with Gasteiger partial charge >= 0.3 is 5.97 Å². The fraction of sp³-hybridized carbons (Fsp3) is 0.250. The fourth-order valence-electron chi connectivity index (χ4n) is 3.61. The van der Waals surface area contributed by atoms with Crippen LogP contribution in [-0.2, 0) is 24.3 Å². The number of ketones is 1. The first-order valence-corrected chi connectivity index (χ1v) is 12.0. The Balaban J connectivity index is 1.37. The molecule has 0 spiro atoms. The van der Waals surface area contributed by atoms with Crippen LogP contribution in [0.25, 0.3) is 17.0 Å². The molecule has 1 aliphatic rings. The number of aromatic amines is 1. The summed E-state index contributed by atoms with van der Waals surface area (Å²) in [5, 5.41) is 0.771. The number of aromatic nitrogens is 1. The van der Waals surface area contributed by atoms with Gasteiger partial charge in [-0.1, -0.05) is 30.3 Å². The summed E-state index contributed by atoms with van der Waals surface area (Å²) >= 11 is 0. The van der Waals surface area contributed by atoms with Crippen LogP contribution in [0.4, 0.5) is 0 Å². The van der Waals surface area contributed by atoms with E-state index in [9.17, 15) is 18.0 Å². The molecule has 0 amide bonds. The quantitative estimate of drug-likeness (QED) is 0.325. The van der Waals surface area contributed by atoms with Crippen LogP contribution < -0.4 is 0 Å². The first kappa shape index (κ1) is 22.9. The summed E-state index contributed by atoms with van der Waals surface area (Å²) in [6.07, 6.45) is 3.38. The van der Waals surface area contributed by atoms with Crippen molar-refractivity contribution in [2.45, 2.75) is 17.9 Å². The first-order chi connectivity index (χ1) is 15.9. The smallest absolute Gasteiger partial charge is 0.331 e. The molecule has 1 aromatic heterocycles. The molecule has 1 aliphatic heterocycles. The lowest BCUT2D eigenvalue weighted by Gasteiger charge is -2.26. The maximum Gasteiger partial charge on any atom is 0.331 e. The van der Waals surface area contributed by atoms with E-state index in [1.54, 1.807) is 18.3 Å². The zero-order chi connectivity index (χ0) is 23.4. The van der Waals surface area contributed by atoms with Crippen molar-refractivity contribution in [3.05, 3.63) is 71.9 Å². The number of hydrogen-bond donors (Lipinski definition) is 1. The summed E-state index contributed by atoms with van der Waals surface area (Å²) in [5.74, 6) is -0.965. The molecule has 2 aromatic carbocycles. The van der Waals surface area contributed by atoms with Crippen LogP contribution in [0, 0.1) is 0 Å². The average Bonchev–Trinajstić information content (AvgIpc) is 3.27. The number of rotatable bonds is 7. The summed E-state index contributed by atoms with van der Waals surface area (Å²) < 4.78 is 37.2. The number of esters is 1. The van der Waals surface area contributed by atoms with Gasteiger partial charge in [-0.2, -0.15) is 4.31 Å². The number of carbonyl (C=O) groups is 2. The Hall–Kier alpha value is -3.27. The monoisotopic (exact) mass is 468 g/mol. The zero-order valence-corrected chi connectivity index (χ0v) is 18.9. The maximum atomic E-state index is 12.7. The topological polar surface area (TPSA) is 106 Å². The number of benzene rings is 2. The Kier molecular flexibility index (Phi) is 6.73. The van der Waals surface area contributed by atoms with Crippen molar-refractivity contribution in [1.82, 2.24) is 9.29 Å². The number of nitrogens with zero attached hydrogens (tertiary/aromatic N) is 1. The highest BCUT2D eigenvalue weighted by Crippen LogP contribution is 2.21. The van der Waals surface area contributed by atoms with Crippen LogP contribution >= 0.6 is 0 Å². The van der Waals surface area contributed by atoms with Gasteiger partial charge in [0.25, 0.3) is 0 Å². The second kappa shape index (κ2) is 9.70. The van der Waals surface area contributed by atoms with Gasteiger partial charge in [0.1, 0.15) is 0 Å². The van der Waals surface area contributed by atoms with E-state index in [1.807, 2.05) is 24.3 Å². The van der Waals surface area contributed by atoms with Crippen LogP contribution in [0.15, 0.2) is 65.7 Å². The van der Waals surface area contributed by atoms with E-state index in [4.69, 9.17) is 9.47 Å². The van der Waals surface area contributed by atoms with E-state index >= 15 is 0 Å². The number of nitrogens with one attached hydrogen (secondary N) is 1. The van der Waals surface area contributed by atoms with Gasteiger partial charge in [0.05, 0.1) is 18.1 Å². The SMILES string of the molecule is CC(OC(=O)/C=C/c1ccc(S(=O)(=O)N2CCOCC2)cc1)C(=O)c1c[nH]c2ccccc12. The van der Waals surface area contributed by atoms with Crippen molar-refractivity contribution in [2.24, 2.45) is 0 Å². The number of carbonyl (C=O) groups excluding carboxylic acids is 2. The molecule has 3 aromatic rings. The molecular weight excluding hydrogens is 444 g/mol. The number of ether oxygens (including phenoxy) is 2. The van der Waals surface area contributed by atoms with Crippen LogP contribution in [-0.4, -0.2) is 61.9 Å². The number of para-hydroxylation sites is 1. The fourth-order valence-corrected chi connectivity index (χ4v) is 5.02. The molecule has 1 saturated heterocycles. The highest BCUT2D eigenvalue weighted by Gasteiger charge is 2.26. The third kappa shape index (κ3) is 5.05. The molecule has 8 nitrogen and oxygen atoms in total. The van der Waals surface area contributed by atoms with Crippen molar-refractivity contribution in [1.29, 1.82) is 0 Å². The Labute approximate surface area is 191 Å². The van der Waals surface area contributed by atoms with Gasteiger partial charge in [-0.15, -0.1) is 0 Å². The van der Waals surface area contributed by atoms with Crippen molar-refractivity contribution in [3.63, 3.8) is 0 Å². The number of morpholine rings is 1. The van der Waals surface area contributed by atoms with Gasteiger partial charge in [0, 0.05) is 41.8 Å². The summed E-state index contributed by atoms with van der Waals surface area (Å²) in [5.41, 5.74) is 1.92. The summed E-state index contributed by atoms with van der Waals surface area (Å²) in [6, 6.07) is 13.6. The molecule has 2 heterocycles. The van der Waals surface area contributed by atoms with Gasteiger partial charge in [-0.05, 0) is 36.8 Å². The molecule has 0 radical (unpaired) electrons. The molecule has 9 heteroatoms. The highest BCUT2D eigenvalue weighted by atomic mass is 32.2. The summed E-state index contributed by atoms with van der Waals surface area (Å²) in [7, 11) is -3.58. The molecule has 1 fully saturated rings. The van der Waals surface area contributed by atoms with Crippen LogP contribution in [0.1, 0.15) is 22.8 Å². The number of H-pyrrole nitrogens is 1. The molecule has 1 N–H and O–H groups in total. The molecule has 1 atom stereocenters. The predicted molar refractivity (Wildman–Crippen MR) is 123 cm³/mol. The minimum atomic E-state index is -3.58. The lowest BCUT2D eigenvalue weighted by molar-refractivity contribution is -0.140. The summed E-state index contributed by atoms with van der Waals surface area (Å²) in [6.45, 7) is 2.94. The standard InChI is InChI=1S/C24H24N2O6S/c1-17(24(28)21-16-25-22-5-3-2-4-20(21)22)32-23(27)11-8-18-6-9-19(10-7-18)33(29,30)26-12-14-31-15-13-26/h2-11,16-17,25H,12-15H2,1H3/b11-8+. The predicted octanol–water partition coefficient (Wildman–Crippen LogP) is 3.02. The van der Waals surface area contributed by atoms with E-state index in [-0.39, 0.29) is 10.7 Å². The maximum absolute atomic E-state index is 12.7. The number of Topliss-reactive ketones (excluding diaryl/α,β-unsaturated/α-hetero) is 1. The number of sulfonamides is 1. The van der Waals surface area contributed by atoms with Crippen LogP contribution in [0.5, 0.6) is 0 Å². The Morgan fingerprint density at radius 2 is 1.79 bits per heavy atom. The molecule has 0 saturated carbocycles. The van der Waals surface area contributed by atoms with Crippen LogP contribution in [0.2, 0.25) is 0 Å². The molecule has 0 bridgehead atoms. The molecule has 1 unspecified atom stereocenters. The highest BCUT2D eigenvalue weighted by molar-refractivity contribution is 7.89. The van der Waals surface area contributed by atoms with Crippen molar-refractivity contribution < 1.29 is 27.5 Å². The largest absolute Gasteiger partial charge is 0.451 e. The first-order valence-electron chi connectivity index (χ1n) is 10.5. The Morgan fingerprint density at radius 1 is 1.09 bits per heavy atom. The number of fused-ring (bicyclic) bond motifs is 1. The van der Waals surface area contributed by atoms with E-state index in [0.29, 0.717) is 37.4 Å². The van der Waals surface area contributed by atoms with E-state index in [1.165, 1.54) is 35.5 Å². The van der Waals surface area contributed by atoms with Gasteiger partial charge in [0.15, 0.2) is 6.10 Å². The van der Waals surface area contributed by atoms with Crippen molar-refractivity contribution >= 4 is 38.8 Å². The molecule has 4 rings (SSSR count). The second-order valence-corrected chi connectivity index (χ2v) is 9.55. The average molecular weight is 469 g/mol. The zero-order valence-electron chi connectivity index (χ0n) is 18.1. The molecule has 0 aliphatic carbocycles. The van der Waals surface area contributed by atoms with E-state index in [2.05, 4.69) is 4.98 Å². The van der Waals surface area contributed by atoms with Gasteiger partial charge < -0.3 is 14.5 Å².